The van der Waals surface area contributed by atoms with Crippen molar-refractivity contribution < 1.29 is 0 Å². The van der Waals surface area contributed by atoms with Crippen molar-refractivity contribution >= 4 is 0 Å². The number of nitrogens with zero attached hydrogens (tertiary/aromatic N) is 1. The van der Waals surface area contributed by atoms with Gasteiger partial charge in [-0.25, -0.2) is 0 Å². The second-order valence-electron chi connectivity index (χ2n) is 5.17. The number of hydrogen-bond acceptors (Lipinski definition) is 1. The van der Waals surface area contributed by atoms with E-state index in [9.17, 15) is 0 Å². The molecule has 1 aromatic heterocycles. The first-order valence-corrected chi connectivity index (χ1v) is 7.12. The van der Waals surface area contributed by atoms with Crippen LogP contribution in [0, 0.1) is 6.92 Å². The molecule has 1 aromatic carbocycles. The van der Waals surface area contributed by atoms with Gasteiger partial charge in [0.2, 0.25) is 0 Å². The molecule has 102 valence electrons. The lowest BCUT2D eigenvalue weighted by molar-refractivity contribution is 0.540. The Kier molecular flexibility index (Phi) is 4.80. The SMILES string of the molecule is CCCC(NC)c1ccn(Cc2ccccc2C)c1. The maximum atomic E-state index is 3.39. The maximum Gasteiger partial charge on any atom is 0.0472 e. The zero-order chi connectivity index (χ0) is 13.7. The minimum Gasteiger partial charge on any atom is -0.350 e. The first kappa shape index (κ1) is 13.9. The first-order valence-electron chi connectivity index (χ1n) is 7.12. The number of nitrogens with one attached hydrogen (secondary N) is 1. The van der Waals surface area contributed by atoms with E-state index >= 15 is 0 Å². The topological polar surface area (TPSA) is 17.0 Å². The van der Waals surface area contributed by atoms with E-state index in [1.165, 1.54) is 29.5 Å². The van der Waals surface area contributed by atoms with Crippen molar-refractivity contribution in [3.8, 4) is 0 Å². The van der Waals surface area contributed by atoms with Crippen molar-refractivity contribution in [3.63, 3.8) is 0 Å². The Morgan fingerprint density at radius 2 is 2.00 bits per heavy atom. The summed E-state index contributed by atoms with van der Waals surface area (Å²) < 4.78 is 2.28. The molecule has 0 fully saturated rings. The molecule has 2 aromatic rings. The Balaban J connectivity index is 2.11. The average molecular weight is 256 g/mol. The molecule has 0 saturated heterocycles. The number of rotatable bonds is 6. The molecule has 1 atom stereocenters. The molecule has 0 amide bonds. The second-order valence-corrected chi connectivity index (χ2v) is 5.17. The minimum absolute atomic E-state index is 0.475. The van der Waals surface area contributed by atoms with Crippen molar-refractivity contribution in [1.29, 1.82) is 0 Å². The Morgan fingerprint density at radius 3 is 2.68 bits per heavy atom. The molecule has 2 rings (SSSR count). The highest BCUT2D eigenvalue weighted by Gasteiger charge is 2.09. The molecule has 1 heterocycles. The second kappa shape index (κ2) is 6.58. The van der Waals surface area contributed by atoms with Crippen LogP contribution < -0.4 is 5.32 Å². The van der Waals surface area contributed by atoms with E-state index in [1.54, 1.807) is 0 Å². The first-order chi connectivity index (χ1) is 9.24. The highest BCUT2D eigenvalue weighted by molar-refractivity contribution is 5.26. The summed E-state index contributed by atoms with van der Waals surface area (Å²) in [6, 6.07) is 11.3. The molecule has 0 bridgehead atoms. The third-order valence-corrected chi connectivity index (χ3v) is 3.72. The summed E-state index contributed by atoms with van der Waals surface area (Å²) in [6.07, 6.45) is 6.84. The van der Waals surface area contributed by atoms with Crippen LogP contribution in [0.1, 0.15) is 42.5 Å². The van der Waals surface area contributed by atoms with Gasteiger partial charge in [-0.3, -0.25) is 0 Å². The summed E-state index contributed by atoms with van der Waals surface area (Å²) in [5.74, 6) is 0. The van der Waals surface area contributed by atoms with E-state index in [0.717, 1.165) is 6.54 Å². The summed E-state index contributed by atoms with van der Waals surface area (Å²) >= 11 is 0. The third-order valence-electron chi connectivity index (χ3n) is 3.72. The summed E-state index contributed by atoms with van der Waals surface area (Å²) in [4.78, 5) is 0. The maximum absolute atomic E-state index is 3.39. The van der Waals surface area contributed by atoms with Gasteiger partial charge in [-0.1, -0.05) is 37.6 Å². The molecule has 19 heavy (non-hydrogen) atoms. The smallest absolute Gasteiger partial charge is 0.0472 e. The molecule has 2 nitrogen and oxygen atoms in total. The number of hydrogen-bond donors (Lipinski definition) is 1. The summed E-state index contributed by atoms with van der Waals surface area (Å²) in [7, 11) is 2.04. The quantitative estimate of drug-likeness (QED) is 0.829. The van der Waals surface area contributed by atoms with Gasteiger partial charge in [0.15, 0.2) is 0 Å². The van der Waals surface area contributed by atoms with Crippen LogP contribution in [-0.4, -0.2) is 11.6 Å². The van der Waals surface area contributed by atoms with Crippen molar-refractivity contribution in [1.82, 2.24) is 9.88 Å². The molecule has 0 aliphatic rings. The molecule has 0 saturated carbocycles. The van der Waals surface area contributed by atoms with E-state index in [0.29, 0.717) is 6.04 Å². The van der Waals surface area contributed by atoms with Crippen LogP contribution in [-0.2, 0) is 6.54 Å². The lowest BCUT2D eigenvalue weighted by Gasteiger charge is -2.13. The number of aryl methyl sites for hydroxylation is 1. The van der Waals surface area contributed by atoms with E-state index in [2.05, 4.69) is 66.5 Å². The van der Waals surface area contributed by atoms with Crippen molar-refractivity contribution in [2.24, 2.45) is 0 Å². The lowest BCUT2D eigenvalue weighted by atomic mass is 10.1. The van der Waals surface area contributed by atoms with Crippen LogP contribution in [0.5, 0.6) is 0 Å². The molecular weight excluding hydrogens is 232 g/mol. The zero-order valence-electron chi connectivity index (χ0n) is 12.2. The normalized spacial score (nSPS) is 12.6. The van der Waals surface area contributed by atoms with Crippen LogP contribution in [0.2, 0.25) is 0 Å². The average Bonchev–Trinajstić information content (AvgIpc) is 2.87. The summed E-state index contributed by atoms with van der Waals surface area (Å²) in [5, 5.41) is 3.39. The van der Waals surface area contributed by atoms with E-state index in [-0.39, 0.29) is 0 Å². The van der Waals surface area contributed by atoms with Gasteiger partial charge in [0.25, 0.3) is 0 Å². The third kappa shape index (κ3) is 3.48. The number of benzene rings is 1. The lowest BCUT2D eigenvalue weighted by Crippen LogP contribution is -2.15. The van der Waals surface area contributed by atoms with Gasteiger partial charge in [-0.15, -0.1) is 0 Å². The van der Waals surface area contributed by atoms with Crippen LogP contribution >= 0.6 is 0 Å². The molecule has 0 aliphatic heterocycles. The van der Waals surface area contributed by atoms with Gasteiger partial charge < -0.3 is 9.88 Å². The van der Waals surface area contributed by atoms with E-state index < -0.39 is 0 Å². The van der Waals surface area contributed by atoms with Crippen LogP contribution in [0.15, 0.2) is 42.7 Å². The largest absolute Gasteiger partial charge is 0.350 e. The molecular formula is C17H24N2. The predicted molar refractivity (Wildman–Crippen MR) is 81.4 cm³/mol. The van der Waals surface area contributed by atoms with Gasteiger partial charge in [0, 0.05) is 25.0 Å². The molecule has 0 aliphatic carbocycles. The number of aromatic nitrogens is 1. The van der Waals surface area contributed by atoms with Gasteiger partial charge in [-0.2, -0.15) is 0 Å². The zero-order valence-corrected chi connectivity index (χ0v) is 12.2. The molecule has 0 radical (unpaired) electrons. The Morgan fingerprint density at radius 1 is 1.21 bits per heavy atom. The van der Waals surface area contributed by atoms with Crippen molar-refractivity contribution in [2.75, 3.05) is 7.05 Å². The summed E-state index contributed by atoms with van der Waals surface area (Å²) in [6.45, 7) is 5.36. The Labute approximate surface area is 116 Å². The molecule has 1 N–H and O–H groups in total. The summed E-state index contributed by atoms with van der Waals surface area (Å²) in [5.41, 5.74) is 4.13. The Hall–Kier alpha value is -1.54. The fraction of sp³-hybridized carbons (Fsp3) is 0.412. The van der Waals surface area contributed by atoms with Crippen molar-refractivity contribution in [3.05, 3.63) is 59.4 Å². The fourth-order valence-corrected chi connectivity index (χ4v) is 2.51. The highest BCUT2D eigenvalue weighted by atomic mass is 15.0. The van der Waals surface area contributed by atoms with Crippen molar-refractivity contribution in [2.45, 2.75) is 39.3 Å². The van der Waals surface area contributed by atoms with E-state index in [1.807, 2.05) is 7.05 Å². The molecule has 1 unspecified atom stereocenters. The fourth-order valence-electron chi connectivity index (χ4n) is 2.51. The predicted octanol–water partition coefficient (Wildman–Crippen LogP) is 3.91. The van der Waals surface area contributed by atoms with Gasteiger partial charge in [-0.05, 0) is 43.1 Å². The monoisotopic (exact) mass is 256 g/mol. The van der Waals surface area contributed by atoms with Crippen LogP contribution in [0.3, 0.4) is 0 Å². The van der Waals surface area contributed by atoms with E-state index in [4.69, 9.17) is 0 Å². The standard InChI is InChI=1S/C17H24N2/c1-4-7-17(18-3)16-10-11-19(13-16)12-15-9-6-5-8-14(15)2/h5-6,8-11,13,17-18H,4,7,12H2,1-3H3. The van der Waals surface area contributed by atoms with Crippen LogP contribution in [0.4, 0.5) is 0 Å². The molecule has 2 heteroatoms. The molecule has 0 spiro atoms. The minimum atomic E-state index is 0.475. The van der Waals surface area contributed by atoms with Gasteiger partial charge in [0.05, 0.1) is 0 Å². The van der Waals surface area contributed by atoms with Gasteiger partial charge >= 0.3 is 0 Å². The Bertz CT molecular complexity index is 513. The van der Waals surface area contributed by atoms with Crippen LogP contribution in [0.25, 0.3) is 0 Å². The van der Waals surface area contributed by atoms with Gasteiger partial charge in [0.1, 0.15) is 0 Å². The highest BCUT2D eigenvalue weighted by Crippen LogP contribution is 2.19.